The molecule has 1 aliphatic carbocycles. The first-order chi connectivity index (χ1) is 7.84. The zero-order valence-corrected chi connectivity index (χ0v) is 11.3. The maximum Gasteiger partial charge on any atom is 0.0480 e. The SMILES string of the molecule is CC.CC1CCC(NC2CCOCC2)CC1. The third-order valence-electron chi connectivity index (χ3n) is 3.71. The van der Waals surface area contributed by atoms with Crippen LogP contribution in [-0.4, -0.2) is 25.3 Å². The standard InChI is InChI=1S/C12H23NO.C2H6/c1-10-2-4-11(5-3-10)13-12-6-8-14-9-7-12;1-2/h10-13H,2-9H2,1H3;1-2H3. The van der Waals surface area contributed by atoms with E-state index in [1.54, 1.807) is 0 Å². The summed E-state index contributed by atoms with van der Waals surface area (Å²) in [5, 5.41) is 3.80. The van der Waals surface area contributed by atoms with E-state index < -0.39 is 0 Å². The predicted octanol–water partition coefficient (Wildman–Crippen LogP) is 3.36. The molecule has 2 fully saturated rings. The van der Waals surface area contributed by atoms with Gasteiger partial charge in [0.25, 0.3) is 0 Å². The maximum atomic E-state index is 5.37. The number of nitrogens with one attached hydrogen (secondary N) is 1. The summed E-state index contributed by atoms with van der Waals surface area (Å²) in [5.74, 6) is 0.961. The van der Waals surface area contributed by atoms with Gasteiger partial charge in [0, 0.05) is 25.3 Å². The summed E-state index contributed by atoms with van der Waals surface area (Å²) in [6.07, 6.45) is 8.04. The van der Waals surface area contributed by atoms with Gasteiger partial charge in [-0.15, -0.1) is 0 Å². The summed E-state index contributed by atoms with van der Waals surface area (Å²) in [7, 11) is 0. The number of hydrogen-bond donors (Lipinski definition) is 1. The van der Waals surface area contributed by atoms with E-state index in [0.29, 0.717) is 0 Å². The van der Waals surface area contributed by atoms with E-state index in [1.807, 2.05) is 13.8 Å². The van der Waals surface area contributed by atoms with Crippen LogP contribution in [0.4, 0.5) is 0 Å². The van der Waals surface area contributed by atoms with Crippen LogP contribution in [-0.2, 0) is 4.74 Å². The Bertz CT molecular complexity index is 158. The second kappa shape index (κ2) is 8.08. The average Bonchev–Trinajstić information content (AvgIpc) is 2.36. The lowest BCUT2D eigenvalue weighted by atomic mass is 9.87. The molecular weight excluding hydrogens is 198 g/mol. The van der Waals surface area contributed by atoms with Crippen molar-refractivity contribution in [2.24, 2.45) is 5.92 Å². The van der Waals surface area contributed by atoms with Crippen LogP contribution in [0, 0.1) is 5.92 Å². The molecule has 0 radical (unpaired) electrons. The molecule has 1 aliphatic heterocycles. The fourth-order valence-corrected chi connectivity index (χ4v) is 2.62. The minimum Gasteiger partial charge on any atom is -0.381 e. The van der Waals surface area contributed by atoms with Crippen LogP contribution < -0.4 is 5.32 Å². The van der Waals surface area contributed by atoms with E-state index in [0.717, 1.165) is 31.2 Å². The second-order valence-electron chi connectivity index (χ2n) is 5.01. The lowest BCUT2D eigenvalue weighted by Crippen LogP contribution is -2.43. The Labute approximate surface area is 101 Å². The highest BCUT2D eigenvalue weighted by Gasteiger charge is 2.21. The topological polar surface area (TPSA) is 21.3 Å². The van der Waals surface area contributed by atoms with Crippen molar-refractivity contribution in [1.82, 2.24) is 5.32 Å². The molecule has 2 heteroatoms. The molecule has 0 amide bonds. The van der Waals surface area contributed by atoms with Gasteiger partial charge < -0.3 is 10.1 Å². The molecule has 1 heterocycles. The quantitative estimate of drug-likeness (QED) is 0.781. The van der Waals surface area contributed by atoms with Gasteiger partial charge in [-0.25, -0.2) is 0 Å². The first-order valence-electron chi connectivity index (χ1n) is 7.18. The van der Waals surface area contributed by atoms with Crippen LogP contribution in [0.5, 0.6) is 0 Å². The van der Waals surface area contributed by atoms with Gasteiger partial charge in [-0.2, -0.15) is 0 Å². The monoisotopic (exact) mass is 227 g/mol. The molecule has 2 aliphatic rings. The minimum atomic E-state index is 0.738. The molecule has 1 saturated heterocycles. The predicted molar refractivity (Wildman–Crippen MR) is 69.7 cm³/mol. The molecule has 0 atom stereocenters. The van der Waals surface area contributed by atoms with Gasteiger partial charge in [-0.05, 0) is 44.4 Å². The van der Waals surface area contributed by atoms with E-state index in [4.69, 9.17) is 4.74 Å². The smallest absolute Gasteiger partial charge is 0.0480 e. The molecule has 1 saturated carbocycles. The summed E-state index contributed by atoms with van der Waals surface area (Å²) < 4.78 is 5.37. The second-order valence-corrected chi connectivity index (χ2v) is 5.01. The summed E-state index contributed by atoms with van der Waals surface area (Å²) in [6.45, 7) is 8.30. The summed E-state index contributed by atoms with van der Waals surface area (Å²) in [4.78, 5) is 0. The molecule has 2 rings (SSSR count). The van der Waals surface area contributed by atoms with Crippen LogP contribution in [0.2, 0.25) is 0 Å². The van der Waals surface area contributed by atoms with Crippen molar-refractivity contribution in [3.05, 3.63) is 0 Å². The van der Waals surface area contributed by atoms with Crippen LogP contribution in [0.15, 0.2) is 0 Å². The van der Waals surface area contributed by atoms with E-state index in [2.05, 4.69) is 12.2 Å². The highest BCUT2D eigenvalue weighted by Crippen LogP contribution is 2.24. The van der Waals surface area contributed by atoms with Crippen molar-refractivity contribution in [3.8, 4) is 0 Å². The van der Waals surface area contributed by atoms with E-state index in [9.17, 15) is 0 Å². The Hall–Kier alpha value is -0.0800. The third kappa shape index (κ3) is 4.84. The minimum absolute atomic E-state index is 0.738. The maximum absolute atomic E-state index is 5.37. The Kier molecular flexibility index (Phi) is 7.06. The van der Waals surface area contributed by atoms with Gasteiger partial charge in [0.1, 0.15) is 0 Å². The van der Waals surface area contributed by atoms with Gasteiger partial charge >= 0.3 is 0 Å². The van der Waals surface area contributed by atoms with Crippen molar-refractivity contribution < 1.29 is 4.74 Å². The lowest BCUT2D eigenvalue weighted by molar-refractivity contribution is 0.0724. The largest absolute Gasteiger partial charge is 0.381 e. The van der Waals surface area contributed by atoms with E-state index in [1.165, 1.54) is 38.5 Å². The highest BCUT2D eigenvalue weighted by molar-refractivity contribution is 4.80. The average molecular weight is 227 g/mol. The molecule has 96 valence electrons. The zero-order chi connectivity index (χ0) is 11.8. The van der Waals surface area contributed by atoms with E-state index >= 15 is 0 Å². The number of rotatable bonds is 2. The fourth-order valence-electron chi connectivity index (χ4n) is 2.62. The molecule has 1 N–H and O–H groups in total. The zero-order valence-electron chi connectivity index (χ0n) is 11.3. The molecule has 0 bridgehead atoms. The lowest BCUT2D eigenvalue weighted by Gasteiger charge is -2.32. The third-order valence-corrected chi connectivity index (χ3v) is 3.71. The Morgan fingerprint density at radius 1 is 0.812 bits per heavy atom. The van der Waals surface area contributed by atoms with Crippen molar-refractivity contribution in [1.29, 1.82) is 0 Å². The van der Waals surface area contributed by atoms with Gasteiger partial charge in [-0.3, -0.25) is 0 Å². The van der Waals surface area contributed by atoms with Crippen molar-refractivity contribution in [2.75, 3.05) is 13.2 Å². The molecule has 2 nitrogen and oxygen atoms in total. The molecule has 0 spiro atoms. The van der Waals surface area contributed by atoms with Crippen LogP contribution in [0.25, 0.3) is 0 Å². The van der Waals surface area contributed by atoms with Crippen molar-refractivity contribution >= 4 is 0 Å². The Balaban J connectivity index is 0.000000606. The van der Waals surface area contributed by atoms with Crippen molar-refractivity contribution in [3.63, 3.8) is 0 Å². The fraction of sp³-hybridized carbons (Fsp3) is 1.00. The summed E-state index contributed by atoms with van der Waals surface area (Å²) in [6, 6.07) is 1.54. The van der Waals surface area contributed by atoms with Crippen LogP contribution in [0.3, 0.4) is 0 Å². The highest BCUT2D eigenvalue weighted by atomic mass is 16.5. The van der Waals surface area contributed by atoms with Gasteiger partial charge in [0.15, 0.2) is 0 Å². The molecule has 0 aromatic carbocycles. The van der Waals surface area contributed by atoms with Gasteiger partial charge in [0.2, 0.25) is 0 Å². The van der Waals surface area contributed by atoms with Crippen LogP contribution in [0.1, 0.15) is 59.3 Å². The molecule has 0 aromatic rings. The normalized spacial score (nSPS) is 31.7. The van der Waals surface area contributed by atoms with Gasteiger partial charge in [0.05, 0.1) is 0 Å². The molecular formula is C14H29NO. The molecule has 0 unspecified atom stereocenters. The first-order valence-corrected chi connectivity index (χ1v) is 7.18. The Morgan fingerprint density at radius 2 is 1.31 bits per heavy atom. The Morgan fingerprint density at radius 3 is 1.88 bits per heavy atom. The number of hydrogen-bond acceptors (Lipinski definition) is 2. The summed E-state index contributed by atoms with van der Waals surface area (Å²) in [5.41, 5.74) is 0. The first kappa shape index (κ1) is 14.0. The summed E-state index contributed by atoms with van der Waals surface area (Å²) >= 11 is 0. The van der Waals surface area contributed by atoms with E-state index in [-0.39, 0.29) is 0 Å². The van der Waals surface area contributed by atoms with Crippen LogP contribution >= 0.6 is 0 Å². The molecule has 0 aromatic heterocycles. The van der Waals surface area contributed by atoms with Gasteiger partial charge in [-0.1, -0.05) is 20.8 Å². The van der Waals surface area contributed by atoms with Crippen molar-refractivity contribution in [2.45, 2.75) is 71.4 Å². The number of ether oxygens (including phenoxy) is 1. The molecule has 16 heavy (non-hydrogen) atoms.